The lowest BCUT2D eigenvalue weighted by molar-refractivity contribution is 0.313. The first kappa shape index (κ1) is 24.6. The lowest BCUT2D eigenvalue weighted by atomic mass is 9.99. The van der Waals surface area contributed by atoms with Crippen LogP contribution in [-0.2, 0) is 0 Å². The SMILES string of the molecule is CN1CCN(c2ccc(Nc3cnc4ccc(/C(=C/N)C(=N)c5cc(Cl)ccc5F)nc4c3)nc2)CC1. The van der Waals surface area contributed by atoms with Crippen LogP contribution < -0.4 is 16.0 Å². The van der Waals surface area contributed by atoms with Crippen LogP contribution >= 0.6 is 11.6 Å². The number of aromatic nitrogens is 3. The number of pyridine rings is 3. The van der Waals surface area contributed by atoms with Crippen LogP contribution in [0.1, 0.15) is 11.3 Å². The molecule has 1 fully saturated rings. The van der Waals surface area contributed by atoms with Crippen molar-refractivity contribution in [3.8, 4) is 0 Å². The van der Waals surface area contributed by atoms with Gasteiger partial charge in [-0.1, -0.05) is 11.6 Å². The first-order valence-electron chi connectivity index (χ1n) is 11.8. The Kier molecular flexibility index (Phi) is 6.98. The predicted molar refractivity (Wildman–Crippen MR) is 147 cm³/mol. The highest BCUT2D eigenvalue weighted by molar-refractivity contribution is 6.33. The second kappa shape index (κ2) is 10.5. The Morgan fingerprint density at radius 3 is 2.57 bits per heavy atom. The van der Waals surface area contributed by atoms with Gasteiger partial charge in [0.15, 0.2) is 0 Å². The fourth-order valence-electron chi connectivity index (χ4n) is 4.22. The molecule has 0 radical (unpaired) electrons. The summed E-state index contributed by atoms with van der Waals surface area (Å²) in [5, 5.41) is 12.1. The maximum Gasteiger partial charge on any atom is 0.132 e. The molecule has 37 heavy (non-hydrogen) atoms. The van der Waals surface area contributed by atoms with Gasteiger partial charge in [0.05, 0.1) is 46.2 Å². The standard InChI is InChI=1S/C27H26ClFN8/c1-36-8-10-37(11-9-36)19-3-7-26(33-16-19)34-18-13-25-24(32-15-18)6-5-23(35-25)21(14-30)27(31)20-12-17(28)2-4-22(20)29/h2-7,12-16,31H,8-11,30H2,1H3,(H,33,34)/b21-14-,31-27?. The lowest BCUT2D eigenvalue weighted by Crippen LogP contribution is -2.44. The van der Waals surface area contributed by atoms with Gasteiger partial charge >= 0.3 is 0 Å². The summed E-state index contributed by atoms with van der Waals surface area (Å²) < 4.78 is 14.4. The molecule has 0 atom stereocenters. The summed E-state index contributed by atoms with van der Waals surface area (Å²) in [6, 6.07) is 13.4. The molecule has 0 unspecified atom stereocenters. The van der Waals surface area contributed by atoms with E-state index in [0.717, 1.165) is 31.9 Å². The van der Waals surface area contributed by atoms with E-state index in [4.69, 9.17) is 22.7 Å². The number of hydrogen-bond donors (Lipinski definition) is 3. The summed E-state index contributed by atoms with van der Waals surface area (Å²) in [6.45, 7) is 4.03. The van der Waals surface area contributed by atoms with Crippen molar-refractivity contribution in [2.75, 3.05) is 43.4 Å². The number of nitrogens with two attached hydrogens (primary N) is 1. The molecule has 4 aromatic rings. The molecule has 0 amide bonds. The Hall–Kier alpha value is -4.08. The van der Waals surface area contributed by atoms with Crippen LogP contribution in [0.15, 0.2) is 67.1 Å². The zero-order valence-corrected chi connectivity index (χ0v) is 21.0. The molecular formula is C27H26ClFN8. The molecule has 0 saturated carbocycles. The summed E-state index contributed by atoms with van der Waals surface area (Å²) in [4.78, 5) is 18.3. The topological polar surface area (TPSA) is 107 Å². The van der Waals surface area contributed by atoms with Gasteiger partial charge < -0.3 is 20.9 Å². The van der Waals surface area contributed by atoms with Gasteiger partial charge in [0.1, 0.15) is 11.6 Å². The lowest BCUT2D eigenvalue weighted by Gasteiger charge is -2.33. The Morgan fingerprint density at radius 1 is 1.03 bits per heavy atom. The van der Waals surface area contributed by atoms with E-state index in [9.17, 15) is 4.39 Å². The largest absolute Gasteiger partial charge is 0.404 e. The fraction of sp³-hybridized carbons (Fsp3) is 0.185. The van der Waals surface area contributed by atoms with Crippen molar-refractivity contribution in [1.29, 1.82) is 5.41 Å². The molecule has 0 spiro atoms. The van der Waals surface area contributed by atoms with Crippen molar-refractivity contribution in [2.45, 2.75) is 0 Å². The van der Waals surface area contributed by atoms with Crippen LogP contribution in [0.5, 0.6) is 0 Å². The van der Waals surface area contributed by atoms with Crippen molar-refractivity contribution in [3.05, 3.63) is 89.2 Å². The summed E-state index contributed by atoms with van der Waals surface area (Å²) in [5.41, 5.74) is 9.56. The van der Waals surface area contributed by atoms with E-state index >= 15 is 0 Å². The average molecular weight is 517 g/mol. The number of benzene rings is 1. The normalized spacial score (nSPS) is 14.7. The second-order valence-corrected chi connectivity index (χ2v) is 9.29. The highest BCUT2D eigenvalue weighted by Crippen LogP contribution is 2.25. The number of rotatable bonds is 6. The van der Waals surface area contributed by atoms with Crippen LogP contribution in [0.4, 0.5) is 21.6 Å². The minimum Gasteiger partial charge on any atom is -0.404 e. The van der Waals surface area contributed by atoms with Crippen molar-refractivity contribution in [3.63, 3.8) is 0 Å². The van der Waals surface area contributed by atoms with Crippen LogP contribution in [0, 0.1) is 11.2 Å². The second-order valence-electron chi connectivity index (χ2n) is 8.86. The van der Waals surface area contributed by atoms with Gasteiger partial charge in [0.2, 0.25) is 0 Å². The fourth-order valence-corrected chi connectivity index (χ4v) is 4.39. The summed E-state index contributed by atoms with van der Waals surface area (Å²) in [6.07, 6.45) is 4.83. The van der Waals surface area contributed by atoms with E-state index in [1.807, 2.05) is 18.3 Å². The van der Waals surface area contributed by atoms with E-state index in [0.29, 0.717) is 33.3 Å². The third-order valence-electron chi connectivity index (χ3n) is 6.34. The number of halogens is 2. The molecule has 4 N–H and O–H groups in total. The summed E-state index contributed by atoms with van der Waals surface area (Å²) in [7, 11) is 2.13. The molecule has 3 aromatic heterocycles. The van der Waals surface area contributed by atoms with Crippen LogP contribution in [0.25, 0.3) is 16.6 Å². The van der Waals surface area contributed by atoms with Gasteiger partial charge in [-0.25, -0.2) is 14.4 Å². The third kappa shape index (κ3) is 5.37. The number of piperazine rings is 1. The van der Waals surface area contributed by atoms with Gasteiger partial charge in [-0.05, 0) is 55.6 Å². The zero-order chi connectivity index (χ0) is 25.9. The Bertz CT molecular complexity index is 1480. The van der Waals surface area contributed by atoms with Crippen molar-refractivity contribution < 1.29 is 4.39 Å². The molecule has 0 bridgehead atoms. The van der Waals surface area contributed by atoms with Crippen LogP contribution in [0.3, 0.4) is 0 Å². The smallest absolute Gasteiger partial charge is 0.132 e. The van der Waals surface area contributed by atoms with E-state index < -0.39 is 5.82 Å². The third-order valence-corrected chi connectivity index (χ3v) is 6.57. The first-order chi connectivity index (χ1) is 17.9. The van der Waals surface area contributed by atoms with Gasteiger partial charge in [-0.2, -0.15) is 0 Å². The van der Waals surface area contributed by atoms with E-state index in [1.54, 1.807) is 18.3 Å². The van der Waals surface area contributed by atoms with E-state index in [-0.39, 0.29) is 16.8 Å². The Morgan fingerprint density at radius 2 is 1.84 bits per heavy atom. The average Bonchev–Trinajstić information content (AvgIpc) is 2.91. The Labute approximate surface area is 219 Å². The molecule has 1 aromatic carbocycles. The molecule has 1 aliphatic rings. The monoisotopic (exact) mass is 516 g/mol. The van der Waals surface area contributed by atoms with Crippen molar-refractivity contribution in [1.82, 2.24) is 19.9 Å². The maximum atomic E-state index is 14.4. The Balaban J connectivity index is 1.36. The number of fused-ring (bicyclic) bond motifs is 1. The minimum atomic E-state index is -0.561. The molecule has 1 saturated heterocycles. The molecule has 1 aliphatic heterocycles. The molecule has 4 heterocycles. The number of nitrogens with zero attached hydrogens (tertiary/aromatic N) is 5. The molecule has 8 nitrogen and oxygen atoms in total. The molecule has 10 heteroatoms. The first-order valence-corrected chi connectivity index (χ1v) is 12.2. The molecule has 5 rings (SSSR count). The van der Waals surface area contributed by atoms with Crippen LogP contribution in [0.2, 0.25) is 5.02 Å². The van der Waals surface area contributed by atoms with E-state index in [1.165, 1.54) is 24.4 Å². The number of nitrogens with one attached hydrogen (secondary N) is 2. The summed E-state index contributed by atoms with van der Waals surface area (Å²) in [5.74, 6) is 0.129. The molecular weight excluding hydrogens is 491 g/mol. The quantitative estimate of drug-likeness (QED) is 0.319. The number of anilines is 3. The van der Waals surface area contributed by atoms with Crippen LogP contribution in [-0.4, -0.2) is 58.8 Å². The number of hydrogen-bond acceptors (Lipinski definition) is 8. The summed E-state index contributed by atoms with van der Waals surface area (Å²) >= 11 is 6.02. The number of likely N-dealkylation sites (N-methyl/N-ethyl adjacent to an activating group) is 1. The van der Waals surface area contributed by atoms with Gasteiger partial charge in [-0.3, -0.25) is 10.4 Å². The van der Waals surface area contributed by atoms with Gasteiger partial charge in [-0.15, -0.1) is 0 Å². The molecule has 0 aliphatic carbocycles. The highest BCUT2D eigenvalue weighted by Gasteiger charge is 2.17. The van der Waals surface area contributed by atoms with Crippen molar-refractivity contribution in [2.24, 2.45) is 5.73 Å². The van der Waals surface area contributed by atoms with Gasteiger partial charge in [0, 0.05) is 48.5 Å². The molecule has 188 valence electrons. The van der Waals surface area contributed by atoms with E-state index in [2.05, 4.69) is 43.2 Å². The van der Waals surface area contributed by atoms with Crippen molar-refractivity contribution >= 4 is 51.1 Å². The predicted octanol–water partition coefficient (Wildman–Crippen LogP) is 4.68. The minimum absolute atomic E-state index is 0.0470. The maximum absolute atomic E-state index is 14.4. The van der Waals surface area contributed by atoms with Gasteiger partial charge in [0.25, 0.3) is 0 Å². The highest BCUT2D eigenvalue weighted by atomic mass is 35.5. The number of allylic oxidation sites excluding steroid dienone is 1. The zero-order valence-electron chi connectivity index (χ0n) is 20.2.